The first-order chi connectivity index (χ1) is 8.99. The molecule has 0 aliphatic rings. The van der Waals surface area contributed by atoms with Crippen molar-refractivity contribution in [3.63, 3.8) is 0 Å². The lowest BCUT2D eigenvalue weighted by Gasteiger charge is -2.24. The van der Waals surface area contributed by atoms with E-state index in [1.54, 1.807) is 0 Å². The summed E-state index contributed by atoms with van der Waals surface area (Å²) in [5, 5.41) is 45.6. The van der Waals surface area contributed by atoms with Gasteiger partial charge in [-0.2, -0.15) is 0 Å². The Bertz CT molecular complexity index is 335. The Morgan fingerprint density at radius 3 is 1.95 bits per heavy atom. The molecule has 20 heavy (non-hydrogen) atoms. The van der Waals surface area contributed by atoms with Gasteiger partial charge in [0, 0.05) is 0 Å². The molecule has 4 atom stereocenters. The fourth-order valence-electron chi connectivity index (χ4n) is 1.08. The first-order valence-electron chi connectivity index (χ1n) is 5.77. The monoisotopic (exact) mass is 296 g/mol. The molecule has 9 nitrogen and oxygen atoms in total. The van der Waals surface area contributed by atoms with E-state index < -0.39 is 48.7 Å². The standard InChI is InChI=1S/C11H20O9/c1-11(2,3)20-10(18)19-9(17)8(16)7(15)6(14)5(13)4-12/h5-8,12-16H,4H2,1-3H3/t5-,6+,7-,8-/m1/s1. The van der Waals surface area contributed by atoms with Crippen molar-refractivity contribution in [1.82, 2.24) is 0 Å². The van der Waals surface area contributed by atoms with Crippen molar-refractivity contribution >= 4 is 12.1 Å². The lowest BCUT2D eigenvalue weighted by Crippen LogP contribution is -2.49. The van der Waals surface area contributed by atoms with Crippen LogP contribution in [0.25, 0.3) is 0 Å². The van der Waals surface area contributed by atoms with Crippen molar-refractivity contribution in [2.45, 2.75) is 50.8 Å². The summed E-state index contributed by atoms with van der Waals surface area (Å²) in [6.07, 6.45) is -9.59. The minimum Gasteiger partial charge on any atom is -0.428 e. The second-order valence-electron chi connectivity index (χ2n) is 5.06. The van der Waals surface area contributed by atoms with E-state index in [9.17, 15) is 24.9 Å². The van der Waals surface area contributed by atoms with Gasteiger partial charge in [-0.05, 0) is 20.8 Å². The summed E-state index contributed by atoms with van der Waals surface area (Å²) in [7, 11) is 0. The number of carbonyl (C=O) groups is 2. The molecular weight excluding hydrogens is 276 g/mol. The molecule has 118 valence electrons. The summed E-state index contributed by atoms with van der Waals surface area (Å²) in [4.78, 5) is 22.5. The quantitative estimate of drug-likeness (QED) is 0.283. The molecule has 0 aliphatic carbocycles. The predicted molar refractivity (Wildman–Crippen MR) is 63.4 cm³/mol. The molecule has 0 radical (unpaired) electrons. The molecule has 0 aromatic carbocycles. The van der Waals surface area contributed by atoms with Crippen molar-refractivity contribution in [1.29, 1.82) is 0 Å². The average Bonchev–Trinajstić information content (AvgIpc) is 2.32. The van der Waals surface area contributed by atoms with Gasteiger partial charge in [-0.1, -0.05) is 0 Å². The molecule has 9 heteroatoms. The van der Waals surface area contributed by atoms with E-state index in [2.05, 4.69) is 9.47 Å². The second kappa shape index (κ2) is 7.50. The van der Waals surface area contributed by atoms with Gasteiger partial charge in [-0.25, -0.2) is 9.59 Å². The van der Waals surface area contributed by atoms with Crippen LogP contribution in [0.5, 0.6) is 0 Å². The zero-order valence-electron chi connectivity index (χ0n) is 11.4. The molecule has 0 aromatic heterocycles. The van der Waals surface area contributed by atoms with Crippen LogP contribution in [0.3, 0.4) is 0 Å². The van der Waals surface area contributed by atoms with Gasteiger partial charge in [0.25, 0.3) is 0 Å². The smallest absolute Gasteiger partial charge is 0.428 e. The van der Waals surface area contributed by atoms with Gasteiger partial charge < -0.3 is 35.0 Å². The average molecular weight is 296 g/mol. The van der Waals surface area contributed by atoms with Crippen LogP contribution in [0.15, 0.2) is 0 Å². The molecule has 0 aromatic rings. The zero-order chi connectivity index (χ0) is 16.1. The molecule has 0 fully saturated rings. The number of hydrogen-bond acceptors (Lipinski definition) is 9. The third-order valence-corrected chi connectivity index (χ3v) is 2.07. The molecule has 0 saturated heterocycles. The lowest BCUT2D eigenvalue weighted by molar-refractivity contribution is -0.167. The lowest BCUT2D eigenvalue weighted by atomic mass is 10.0. The molecular formula is C11H20O9. The highest BCUT2D eigenvalue weighted by atomic mass is 16.8. The van der Waals surface area contributed by atoms with E-state index in [4.69, 9.17) is 10.2 Å². The van der Waals surface area contributed by atoms with Crippen molar-refractivity contribution in [2.24, 2.45) is 0 Å². The van der Waals surface area contributed by atoms with Gasteiger partial charge in [-0.15, -0.1) is 0 Å². The van der Waals surface area contributed by atoms with Crippen LogP contribution in [0.1, 0.15) is 20.8 Å². The number of aliphatic hydroxyl groups is 5. The topological polar surface area (TPSA) is 154 Å². The molecule has 0 saturated carbocycles. The van der Waals surface area contributed by atoms with E-state index >= 15 is 0 Å². The molecule has 0 heterocycles. The Balaban J connectivity index is 4.51. The van der Waals surface area contributed by atoms with Crippen LogP contribution in [0.2, 0.25) is 0 Å². The van der Waals surface area contributed by atoms with Gasteiger partial charge in [0.15, 0.2) is 6.10 Å². The maximum absolute atomic E-state index is 11.3. The van der Waals surface area contributed by atoms with Crippen LogP contribution in [0, 0.1) is 0 Å². The number of hydrogen-bond donors (Lipinski definition) is 5. The van der Waals surface area contributed by atoms with Crippen molar-refractivity contribution in [3.8, 4) is 0 Å². The third kappa shape index (κ3) is 6.26. The molecule has 0 amide bonds. The number of carbonyl (C=O) groups excluding carboxylic acids is 2. The summed E-state index contributed by atoms with van der Waals surface area (Å²) in [5.74, 6) is -1.56. The van der Waals surface area contributed by atoms with Gasteiger partial charge in [0.1, 0.15) is 23.9 Å². The van der Waals surface area contributed by atoms with E-state index in [0.29, 0.717) is 0 Å². The maximum atomic E-state index is 11.3. The first-order valence-corrected chi connectivity index (χ1v) is 5.77. The Morgan fingerprint density at radius 1 is 1.05 bits per heavy atom. The largest absolute Gasteiger partial charge is 0.516 e. The third-order valence-electron chi connectivity index (χ3n) is 2.07. The highest BCUT2D eigenvalue weighted by Crippen LogP contribution is 2.10. The van der Waals surface area contributed by atoms with Crippen molar-refractivity contribution in [2.75, 3.05) is 6.61 Å². The van der Waals surface area contributed by atoms with Gasteiger partial charge >= 0.3 is 12.1 Å². The Morgan fingerprint density at radius 2 is 1.55 bits per heavy atom. The Labute approximate surface area is 115 Å². The van der Waals surface area contributed by atoms with Gasteiger partial charge in [-0.3, -0.25) is 0 Å². The van der Waals surface area contributed by atoms with E-state index in [0.717, 1.165) is 0 Å². The molecule has 0 unspecified atom stereocenters. The van der Waals surface area contributed by atoms with Crippen LogP contribution < -0.4 is 0 Å². The molecule has 0 aliphatic heterocycles. The second-order valence-corrected chi connectivity index (χ2v) is 5.06. The van der Waals surface area contributed by atoms with E-state index in [1.807, 2.05) is 0 Å². The number of esters is 1. The van der Waals surface area contributed by atoms with Crippen LogP contribution in [-0.2, 0) is 14.3 Å². The minimum absolute atomic E-state index is 0.897. The van der Waals surface area contributed by atoms with Crippen LogP contribution in [-0.4, -0.2) is 74.3 Å². The Hall–Kier alpha value is -1.26. The summed E-state index contributed by atoms with van der Waals surface area (Å²) in [6, 6.07) is 0. The summed E-state index contributed by atoms with van der Waals surface area (Å²) in [6.45, 7) is 3.66. The minimum atomic E-state index is -2.29. The van der Waals surface area contributed by atoms with Crippen LogP contribution in [0.4, 0.5) is 4.79 Å². The summed E-state index contributed by atoms with van der Waals surface area (Å²) in [5.41, 5.74) is -0.923. The van der Waals surface area contributed by atoms with Crippen LogP contribution >= 0.6 is 0 Å². The number of aliphatic hydroxyl groups excluding tert-OH is 5. The van der Waals surface area contributed by atoms with Crippen molar-refractivity contribution < 1.29 is 44.6 Å². The summed E-state index contributed by atoms with van der Waals surface area (Å²) < 4.78 is 8.75. The normalized spacial score (nSPS) is 17.8. The number of ether oxygens (including phenoxy) is 2. The maximum Gasteiger partial charge on any atom is 0.516 e. The van der Waals surface area contributed by atoms with Gasteiger partial charge in [0.05, 0.1) is 6.61 Å². The molecule has 0 rings (SSSR count). The molecule has 0 spiro atoms. The van der Waals surface area contributed by atoms with E-state index in [-0.39, 0.29) is 0 Å². The highest BCUT2D eigenvalue weighted by molar-refractivity contribution is 5.85. The van der Waals surface area contributed by atoms with E-state index in [1.165, 1.54) is 20.8 Å². The summed E-state index contributed by atoms with van der Waals surface area (Å²) >= 11 is 0. The molecule has 0 bridgehead atoms. The molecule has 5 N–H and O–H groups in total. The first kappa shape index (κ1) is 18.7. The SMILES string of the molecule is CC(C)(C)OC(=O)OC(=O)[C@H](O)[C@H](O)[C@@H](O)[C@H](O)CO. The van der Waals surface area contributed by atoms with Crippen molar-refractivity contribution in [3.05, 3.63) is 0 Å². The predicted octanol–water partition coefficient (Wildman–Crippen LogP) is -2.10. The Kier molecular flexibility index (Phi) is 7.03. The fourth-order valence-corrected chi connectivity index (χ4v) is 1.08. The highest BCUT2D eigenvalue weighted by Gasteiger charge is 2.36. The fraction of sp³-hybridized carbons (Fsp3) is 0.818. The van der Waals surface area contributed by atoms with Gasteiger partial charge in [0.2, 0.25) is 0 Å². The zero-order valence-corrected chi connectivity index (χ0v) is 11.4. The number of rotatable bonds is 5.